The van der Waals surface area contributed by atoms with E-state index in [1.165, 1.54) is 148 Å². The van der Waals surface area contributed by atoms with Crippen molar-refractivity contribution >= 4 is 19.6 Å². The quantitative estimate of drug-likeness (QED) is 0.0265. The molecule has 0 aliphatic carbocycles. The van der Waals surface area contributed by atoms with Crippen LogP contribution in [0.5, 0.6) is 0 Å². The third-order valence-corrected chi connectivity index (χ3v) is 13.3. The van der Waals surface area contributed by atoms with Crippen LogP contribution in [0.1, 0.15) is 226 Å². The zero-order valence-corrected chi connectivity index (χ0v) is 36.4. The number of ether oxygens (including phenoxy) is 1. The lowest BCUT2D eigenvalue weighted by molar-refractivity contribution is -0.942. The molecule has 3 fully saturated rings. The SMILES string of the molecule is CCCCCCCCCCCCCCCC(=O)CCC(COP(=O)([O-])OCC[N+]12CCC(CC1)CC2)OC(=O)CCCCCCCCCCCCCCC. The van der Waals surface area contributed by atoms with E-state index in [1.54, 1.807) is 0 Å². The van der Waals surface area contributed by atoms with E-state index >= 15 is 0 Å². The number of phosphoric ester groups is 1. The Labute approximate surface area is 333 Å². The summed E-state index contributed by atoms with van der Waals surface area (Å²) >= 11 is 0. The van der Waals surface area contributed by atoms with Gasteiger partial charge in [0.05, 0.1) is 26.2 Å². The molecule has 3 aliphatic heterocycles. The molecule has 0 aromatic heterocycles. The van der Waals surface area contributed by atoms with Gasteiger partial charge in [0.25, 0.3) is 7.82 Å². The normalized spacial score (nSPS) is 19.9. The number of phosphoric acid groups is 1. The smallest absolute Gasteiger partial charge is 0.306 e. The fourth-order valence-electron chi connectivity index (χ4n) is 8.53. The van der Waals surface area contributed by atoms with Gasteiger partial charge in [0.15, 0.2) is 0 Å². The van der Waals surface area contributed by atoms with Crippen LogP contribution in [0.15, 0.2) is 0 Å². The van der Waals surface area contributed by atoms with Crippen LogP contribution in [-0.2, 0) is 27.9 Å². The molecule has 3 aliphatic rings. The molecule has 0 aromatic rings. The summed E-state index contributed by atoms with van der Waals surface area (Å²) in [6.07, 6.45) is 36.7. The Kier molecular flexibility index (Phi) is 29.4. The van der Waals surface area contributed by atoms with Crippen molar-refractivity contribution in [2.75, 3.05) is 39.4 Å². The predicted octanol–water partition coefficient (Wildman–Crippen LogP) is 12.3. The maximum absolute atomic E-state index is 12.8. The van der Waals surface area contributed by atoms with E-state index in [2.05, 4.69) is 13.8 Å². The molecule has 0 N–H and O–H groups in total. The zero-order chi connectivity index (χ0) is 39.0. The van der Waals surface area contributed by atoms with Crippen LogP contribution >= 0.6 is 7.82 Å². The van der Waals surface area contributed by atoms with Crippen molar-refractivity contribution in [3.63, 3.8) is 0 Å². The van der Waals surface area contributed by atoms with Gasteiger partial charge in [-0.1, -0.05) is 168 Å². The Morgan fingerprint density at radius 3 is 1.44 bits per heavy atom. The number of quaternary nitrogens is 1. The summed E-state index contributed by atoms with van der Waals surface area (Å²) in [4.78, 5) is 38.3. The zero-order valence-electron chi connectivity index (χ0n) is 35.5. The van der Waals surface area contributed by atoms with Crippen molar-refractivity contribution < 1.29 is 37.3 Å². The number of fused-ring (bicyclic) bond motifs is 3. The Hall–Kier alpha value is -0.790. The fraction of sp³-hybridized carbons (Fsp3) is 0.956. The van der Waals surface area contributed by atoms with E-state index in [4.69, 9.17) is 13.8 Å². The summed E-state index contributed by atoms with van der Waals surface area (Å²) in [5.41, 5.74) is 0. The minimum Gasteiger partial charge on any atom is -0.756 e. The molecule has 2 unspecified atom stereocenters. The Morgan fingerprint density at radius 1 is 0.593 bits per heavy atom. The van der Waals surface area contributed by atoms with Crippen LogP contribution in [0, 0.1) is 5.92 Å². The van der Waals surface area contributed by atoms with E-state index in [9.17, 15) is 19.0 Å². The van der Waals surface area contributed by atoms with Gasteiger partial charge in [0.1, 0.15) is 25.0 Å². The molecule has 8 nitrogen and oxygen atoms in total. The van der Waals surface area contributed by atoms with Crippen molar-refractivity contribution in [2.45, 2.75) is 232 Å². The molecule has 2 bridgehead atoms. The highest BCUT2D eigenvalue weighted by molar-refractivity contribution is 7.45. The Morgan fingerprint density at radius 2 is 1.00 bits per heavy atom. The lowest BCUT2D eigenvalue weighted by Crippen LogP contribution is -2.59. The largest absolute Gasteiger partial charge is 0.756 e. The van der Waals surface area contributed by atoms with Crippen molar-refractivity contribution in [3.05, 3.63) is 0 Å². The number of esters is 1. The monoisotopic (exact) mass is 784 g/mol. The van der Waals surface area contributed by atoms with Crippen LogP contribution in [0.3, 0.4) is 0 Å². The predicted molar refractivity (Wildman–Crippen MR) is 221 cm³/mol. The number of hydrogen-bond acceptors (Lipinski definition) is 7. The van der Waals surface area contributed by atoms with Gasteiger partial charge in [-0.3, -0.25) is 14.2 Å². The second-order valence-electron chi connectivity index (χ2n) is 17.2. The molecule has 0 aromatic carbocycles. The maximum Gasteiger partial charge on any atom is 0.306 e. The fourth-order valence-corrected chi connectivity index (χ4v) is 9.25. The van der Waals surface area contributed by atoms with Crippen LogP contribution in [-0.4, -0.2) is 61.7 Å². The van der Waals surface area contributed by atoms with Gasteiger partial charge in [0, 0.05) is 19.3 Å². The number of carbonyl (C=O) groups excluding carboxylic acids is 2. The summed E-state index contributed by atoms with van der Waals surface area (Å²) in [5, 5.41) is 0. The molecule has 9 heteroatoms. The highest BCUT2D eigenvalue weighted by atomic mass is 31.2. The molecular weight excluding hydrogens is 697 g/mol. The van der Waals surface area contributed by atoms with Crippen LogP contribution in [0.4, 0.5) is 0 Å². The van der Waals surface area contributed by atoms with Gasteiger partial charge in [-0.15, -0.1) is 0 Å². The number of unbranched alkanes of at least 4 members (excludes halogenated alkanes) is 24. The molecule has 0 spiro atoms. The van der Waals surface area contributed by atoms with E-state index in [0.717, 1.165) is 68.6 Å². The second-order valence-corrected chi connectivity index (χ2v) is 18.6. The minimum atomic E-state index is -4.56. The Bertz CT molecular complexity index is 956. The average molecular weight is 784 g/mol. The highest BCUT2D eigenvalue weighted by Crippen LogP contribution is 2.40. The lowest BCUT2D eigenvalue weighted by atomic mass is 9.86. The highest BCUT2D eigenvalue weighted by Gasteiger charge is 2.39. The van der Waals surface area contributed by atoms with Gasteiger partial charge < -0.3 is 23.2 Å². The summed E-state index contributed by atoms with van der Waals surface area (Å²) in [6, 6.07) is 0. The lowest BCUT2D eigenvalue weighted by Gasteiger charge is -2.49. The summed E-state index contributed by atoms with van der Waals surface area (Å²) < 4.78 is 30.0. The topological polar surface area (TPSA) is 102 Å². The first-order valence-electron chi connectivity index (χ1n) is 23.4. The van der Waals surface area contributed by atoms with Gasteiger partial charge in [-0.25, -0.2) is 0 Å². The van der Waals surface area contributed by atoms with Crippen molar-refractivity contribution in [1.82, 2.24) is 0 Å². The van der Waals surface area contributed by atoms with Gasteiger partial charge in [-0.2, -0.15) is 0 Å². The van der Waals surface area contributed by atoms with Crippen molar-refractivity contribution in [2.24, 2.45) is 5.92 Å². The maximum atomic E-state index is 12.8. The number of rotatable bonds is 39. The first-order chi connectivity index (χ1) is 26.3. The molecule has 0 saturated carbocycles. The molecule has 0 amide bonds. The first kappa shape index (κ1) is 49.4. The van der Waals surface area contributed by atoms with Crippen molar-refractivity contribution in [1.29, 1.82) is 0 Å². The van der Waals surface area contributed by atoms with Crippen molar-refractivity contribution in [3.8, 4) is 0 Å². The van der Waals surface area contributed by atoms with E-state index in [-0.39, 0.29) is 37.8 Å². The Balaban J connectivity index is 1.64. The molecule has 318 valence electrons. The number of nitrogens with zero attached hydrogens (tertiary/aromatic N) is 1. The number of hydrogen-bond donors (Lipinski definition) is 0. The van der Waals surface area contributed by atoms with Crippen LogP contribution < -0.4 is 4.89 Å². The third-order valence-electron chi connectivity index (χ3n) is 12.4. The molecule has 3 rings (SSSR count). The van der Waals surface area contributed by atoms with Gasteiger partial charge in [0.2, 0.25) is 0 Å². The summed E-state index contributed by atoms with van der Waals surface area (Å²) in [5.74, 6) is 0.628. The second kappa shape index (κ2) is 32.2. The molecule has 54 heavy (non-hydrogen) atoms. The number of ketones is 1. The van der Waals surface area contributed by atoms with Gasteiger partial charge >= 0.3 is 5.97 Å². The van der Waals surface area contributed by atoms with E-state index < -0.39 is 13.9 Å². The number of Topliss-reactive ketones (excluding diaryl/α,β-unsaturated/α-hetero) is 1. The minimum absolute atomic E-state index is 0.104. The number of piperidine rings is 3. The van der Waals surface area contributed by atoms with Crippen LogP contribution in [0.25, 0.3) is 0 Å². The molecule has 3 heterocycles. The summed E-state index contributed by atoms with van der Waals surface area (Å²) in [7, 11) is -4.56. The van der Waals surface area contributed by atoms with Crippen LogP contribution in [0.2, 0.25) is 0 Å². The average Bonchev–Trinajstić information content (AvgIpc) is 3.17. The molecule has 2 atom stereocenters. The third kappa shape index (κ3) is 26.2. The van der Waals surface area contributed by atoms with E-state index in [0.29, 0.717) is 19.4 Å². The molecule has 3 saturated heterocycles. The standard InChI is InChI=1S/C45H86NO7P/c1-3-5-7-9-11-13-15-17-19-21-23-25-27-29-43(47)31-32-44(41-52-54(49,50)51-40-39-46-36-33-42(34-37-46)35-38-46)53-45(48)30-28-26-24-22-20-18-16-14-12-10-8-6-4-2/h42,44H,3-41H2,1-2H3. The molecule has 0 radical (unpaired) electrons. The number of carbonyl (C=O) groups is 2. The summed E-state index contributed by atoms with van der Waals surface area (Å²) in [6.45, 7) is 8.29. The van der Waals surface area contributed by atoms with E-state index in [1.807, 2.05) is 0 Å². The first-order valence-corrected chi connectivity index (χ1v) is 24.9. The van der Waals surface area contributed by atoms with Gasteiger partial charge in [-0.05, 0) is 44.4 Å². The molecular formula is C45H86NO7P.